The second-order valence-corrected chi connectivity index (χ2v) is 3.44. The van der Waals surface area contributed by atoms with Gasteiger partial charge in [0.05, 0.1) is 26.4 Å². The second kappa shape index (κ2) is 14.2. The van der Waals surface area contributed by atoms with Crippen LogP contribution in [0.25, 0.3) is 0 Å². The van der Waals surface area contributed by atoms with Crippen LogP contribution in [0.1, 0.15) is 19.8 Å². The molecule has 0 saturated heterocycles. The fourth-order valence-electron chi connectivity index (χ4n) is 0.837. The maximum Gasteiger partial charge on any atom is 0.108 e. The molecule has 0 spiro atoms. The van der Waals surface area contributed by atoms with Crippen LogP contribution in [0.4, 0.5) is 0 Å². The number of halogens is 1. The fraction of sp³-hybridized carbons (Fsp3) is 0.818. The van der Waals surface area contributed by atoms with E-state index in [9.17, 15) is 0 Å². The van der Waals surface area contributed by atoms with E-state index in [0.29, 0.717) is 33.0 Å². The molecule has 15 heavy (non-hydrogen) atoms. The maximum absolute atomic E-state index is 5.33. The van der Waals surface area contributed by atoms with Crippen molar-refractivity contribution in [3.63, 3.8) is 0 Å². The summed E-state index contributed by atoms with van der Waals surface area (Å²) < 4.78 is 18.5. The van der Waals surface area contributed by atoms with Crippen LogP contribution >= 0.6 is 22.6 Å². The molecule has 0 aliphatic carbocycles. The van der Waals surface area contributed by atoms with Gasteiger partial charge in [0.15, 0.2) is 0 Å². The zero-order valence-corrected chi connectivity index (χ0v) is 11.4. The van der Waals surface area contributed by atoms with Crippen molar-refractivity contribution in [2.24, 2.45) is 0 Å². The van der Waals surface area contributed by atoms with Crippen molar-refractivity contribution in [3.05, 3.63) is 0 Å². The highest BCUT2D eigenvalue weighted by molar-refractivity contribution is 14.1. The quantitative estimate of drug-likeness (QED) is 0.350. The van der Waals surface area contributed by atoms with E-state index in [4.69, 9.17) is 14.2 Å². The van der Waals surface area contributed by atoms with Gasteiger partial charge in [0.1, 0.15) is 6.61 Å². The molecule has 3 nitrogen and oxygen atoms in total. The zero-order valence-electron chi connectivity index (χ0n) is 9.26. The third-order valence-corrected chi connectivity index (χ3v) is 2.01. The summed E-state index contributed by atoms with van der Waals surface area (Å²) in [6.45, 7) is 6.00. The average Bonchev–Trinajstić information content (AvgIpc) is 2.26. The minimum absolute atomic E-state index is 0.485. The fourth-order valence-corrected chi connectivity index (χ4v) is 0.992. The van der Waals surface area contributed by atoms with Crippen LogP contribution in [-0.2, 0) is 14.2 Å². The predicted octanol–water partition coefficient (Wildman–Crippen LogP) is 2.23. The molecule has 0 aliphatic rings. The molecule has 0 aromatic heterocycles. The predicted molar refractivity (Wildman–Crippen MR) is 69.2 cm³/mol. The highest BCUT2D eigenvalue weighted by Gasteiger charge is 1.90. The summed E-state index contributed by atoms with van der Waals surface area (Å²) in [4.78, 5) is 0. The van der Waals surface area contributed by atoms with Gasteiger partial charge < -0.3 is 14.2 Å². The van der Waals surface area contributed by atoms with Crippen molar-refractivity contribution in [1.29, 1.82) is 0 Å². The van der Waals surface area contributed by atoms with Crippen molar-refractivity contribution in [2.45, 2.75) is 19.8 Å². The van der Waals surface area contributed by atoms with Gasteiger partial charge in [0, 0.05) is 29.2 Å². The van der Waals surface area contributed by atoms with Crippen LogP contribution < -0.4 is 0 Å². The monoisotopic (exact) mass is 326 g/mol. The summed E-state index contributed by atoms with van der Waals surface area (Å²) >= 11 is 1.99. The van der Waals surface area contributed by atoms with Gasteiger partial charge in [0.25, 0.3) is 0 Å². The first-order chi connectivity index (χ1) is 7.41. The molecular formula is C11H19IO3. The van der Waals surface area contributed by atoms with Gasteiger partial charge in [-0.05, 0) is 10.3 Å². The molecule has 0 aromatic carbocycles. The zero-order chi connectivity index (χ0) is 11.2. The van der Waals surface area contributed by atoms with Crippen LogP contribution in [0.3, 0.4) is 0 Å². The Morgan fingerprint density at radius 3 is 2.13 bits per heavy atom. The molecule has 0 N–H and O–H groups in total. The maximum atomic E-state index is 5.33. The Bertz CT molecular complexity index is 174. The molecule has 0 radical (unpaired) electrons. The summed E-state index contributed by atoms with van der Waals surface area (Å²) in [6.07, 6.45) is 2.30. The largest absolute Gasteiger partial charge is 0.379 e. The molecule has 0 amide bonds. The lowest BCUT2D eigenvalue weighted by Crippen LogP contribution is -2.09. The number of hydrogen-bond acceptors (Lipinski definition) is 3. The Morgan fingerprint density at radius 2 is 1.53 bits per heavy atom. The van der Waals surface area contributed by atoms with Crippen LogP contribution in [0.15, 0.2) is 0 Å². The van der Waals surface area contributed by atoms with E-state index in [1.165, 1.54) is 6.42 Å². The van der Waals surface area contributed by atoms with E-state index in [1.54, 1.807) is 0 Å². The number of ether oxygens (including phenoxy) is 3. The third kappa shape index (κ3) is 14.2. The van der Waals surface area contributed by atoms with Crippen LogP contribution in [0, 0.1) is 9.85 Å². The number of hydrogen-bond donors (Lipinski definition) is 0. The molecule has 0 rings (SSSR count). The summed E-state index contributed by atoms with van der Waals surface area (Å²) in [5.41, 5.74) is 0. The minimum Gasteiger partial charge on any atom is -0.379 e. The van der Waals surface area contributed by atoms with Crippen LogP contribution in [0.2, 0.25) is 0 Å². The van der Waals surface area contributed by atoms with Gasteiger partial charge in [-0.15, -0.1) is 0 Å². The van der Waals surface area contributed by atoms with E-state index >= 15 is 0 Å². The Hall–Kier alpha value is 0.170. The lowest BCUT2D eigenvalue weighted by molar-refractivity contribution is 0.0197. The highest BCUT2D eigenvalue weighted by Crippen LogP contribution is 1.87. The molecule has 0 bridgehead atoms. The van der Waals surface area contributed by atoms with Gasteiger partial charge in [-0.25, -0.2) is 0 Å². The van der Waals surface area contributed by atoms with Gasteiger partial charge in [-0.3, -0.25) is 0 Å². The van der Waals surface area contributed by atoms with E-state index in [1.807, 2.05) is 22.6 Å². The first kappa shape index (κ1) is 15.2. The van der Waals surface area contributed by atoms with Gasteiger partial charge in [0.2, 0.25) is 0 Å². The van der Waals surface area contributed by atoms with Crippen molar-refractivity contribution < 1.29 is 14.2 Å². The molecule has 0 aromatic rings. The SMILES string of the molecule is CCCCOCCOCCOCC#CI. The Balaban J connectivity index is 2.88. The molecule has 0 atom stereocenters. The highest BCUT2D eigenvalue weighted by atomic mass is 127. The van der Waals surface area contributed by atoms with Crippen molar-refractivity contribution >= 4 is 22.6 Å². The van der Waals surface area contributed by atoms with Gasteiger partial charge in [-0.2, -0.15) is 0 Å². The van der Waals surface area contributed by atoms with E-state index in [2.05, 4.69) is 16.8 Å². The Morgan fingerprint density at radius 1 is 0.933 bits per heavy atom. The topological polar surface area (TPSA) is 27.7 Å². The summed E-state index contributed by atoms with van der Waals surface area (Å²) in [5, 5.41) is 0. The smallest absolute Gasteiger partial charge is 0.108 e. The van der Waals surface area contributed by atoms with Crippen molar-refractivity contribution in [3.8, 4) is 9.85 Å². The molecule has 0 fully saturated rings. The standard InChI is InChI=1S/C11H19IO3/c1-2-3-6-13-8-10-15-11-9-14-7-4-5-12/h2-3,6-11H2,1H3. The summed E-state index contributed by atoms with van der Waals surface area (Å²) in [6, 6.07) is 0. The molecule has 0 saturated carbocycles. The van der Waals surface area contributed by atoms with Gasteiger partial charge in [-0.1, -0.05) is 19.3 Å². The third-order valence-electron chi connectivity index (χ3n) is 1.63. The molecule has 0 heterocycles. The molecule has 0 aliphatic heterocycles. The van der Waals surface area contributed by atoms with E-state index in [-0.39, 0.29) is 0 Å². The minimum atomic E-state index is 0.485. The summed E-state index contributed by atoms with van der Waals surface area (Å²) in [5.74, 6) is 2.81. The molecule has 88 valence electrons. The Labute approximate surface area is 106 Å². The first-order valence-electron chi connectivity index (χ1n) is 5.23. The molecule has 4 heteroatoms. The Kier molecular flexibility index (Phi) is 14.3. The lowest BCUT2D eigenvalue weighted by atomic mass is 10.4. The average molecular weight is 326 g/mol. The number of unbranched alkanes of at least 4 members (excludes halogenated alkanes) is 1. The van der Waals surface area contributed by atoms with E-state index in [0.717, 1.165) is 13.0 Å². The van der Waals surface area contributed by atoms with Crippen molar-refractivity contribution in [2.75, 3.05) is 39.6 Å². The van der Waals surface area contributed by atoms with Crippen LogP contribution in [0.5, 0.6) is 0 Å². The van der Waals surface area contributed by atoms with Crippen LogP contribution in [-0.4, -0.2) is 39.6 Å². The number of rotatable bonds is 10. The first-order valence-corrected chi connectivity index (χ1v) is 6.31. The second-order valence-electron chi connectivity index (χ2n) is 2.90. The molecular weight excluding hydrogens is 307 g/mol. The van der Waals surface area contributed by atoms with Gasteiger partial charge >= 0.3 is 0 Å². The van der Waals surface area contributed by atoms with E-state index < -0.39 is 0 Å². The molecule has 0 unspecified atom stereocenters. The summed E-state index contributed by atoms with van der Waals surface area (Å²) in [7, 11) is 0. The normalized spacial score (nSPS) is 9.73. The van der Waals surface area contributed by atoms with Crippen molar-refractivity contribution in [1.82, 2.24) is 0 Å². The lowest BCUT2D eigenvalue weighted by Gasteiger charge is -2.04.